The van der Waals surface area contributed by atoms with Crippen LogP contribution in [0.3, 0.4) is 0 Å². The molecular weight excluding hydrogens is 142 g/mol. The van der Waals surface area contributed by atoms with Crippen LogP contribution in [0.25, 0.3) is 0 Å². The van der Waals surface area contributed by atoms with Crippen LogP contribution in [0.1, 0.15) is 5.56 Å². The Balaban J connectivity index is 2.98. The molecule has 1 radical (unpaired) electrons. The number of phenolic OH excluding ortho intramolecular Hbond substituents is 2. The van der Waals surface area contributed by atoms with Crippen molar-refractivity contribution >= 4 is 6.21 Å². The summed E-state index contributed by atoms with van der Waals surface area (Å²) < 4.78 is 0. The summed E-state index contributed by atoms with van der Waals surface area (Å²) in [5, 5.41) is 26.4. The van der Waals surface area contributed by atoms with Gasteiger partial charge in [0.15, 0.2) is 0 Å². The molecule has 57 valence electrons. The van der Waals surface area contributed by atoms with Crippen LogP contribution in [-0.2, 0) is 6.42 Å². The van der Waals surface area contributed by atoms with Crippen LogP contribution in [0.4, 0.5) is 0 Å². The number of hydrogen-bond donors (Lipinski definition) is 2. The Morgan fingerprint density at radius 3 is 2.64 bits per heavy atom. The highest BCUT2D eigenvalue weighted by molar-refractivity contribution is 5.61. The van der Waals surface area contributed by atoms with Gasteiger partial charge < -0.3 is 10.2 Å². The lowest BCUT2D eigenvalue weighted by Gasteiger charge is -1.99. The lowest BCUT2D eigenvalue weighted by Crippen LogP contribution is -1.86. The number of rotatable bonds is 2. The minimum Gasteiger partial charge on any atom is -0.508 e. The molecule has 0 heterocycles. The minimum absolute atomic E-state index is 0.00435. The van der Waals surface area contributed by atoms with Gasteiger partial charge >= 0.3 is 0 Å². The van der Waals surface area contributed by atoms with Gasteiger partial charge in [-0.2, -0.15) is 5.41 Å². The van der Waals surface area contributed by atoms with Gasteiger partial charge in [-0.25, -0.2) is 0 Å². The van der Waals surface area contributed by atoms with Crippen molar-refractivity contribution in [2.45, 2.75) is 6.42 Å². The maximum absolute atomic E-state index is 9.13. The predicted molar refractivity (Wildman–Crippen MR) is 41.7 cm³/mol. The molecule has 0 aliphatic heterocycles. The SMILES string of the molecule is [N]=CCc1ccc(O)cc1O. The second-order valence-corrected chi connectivity index (χ2v) is 2.20. The molecule has 0 saturated heterocycles. The van der Waals surface area contributed by atoms with Crippen LogP contribution >= 0.6 is 0 Å². The third-order valence-corrected chi connectivity index (χ3v) is 1.38. The first-order valence-corrected chi connectivity index (χ1v) is 3.21. The molecule has 2 N–H and O–H groups in total. The Hall–Kier alpha value is -1.51. The molecule has 0 aliphatic rings. The summed E-state index contributed by atoms with van der Waals surface area (Å²) in [6.07, 6.45) is 1.23. The summed E-state index contributed by atoms with van der Waals surface area (Å²) in [4.78, 5) is 0. The molecule has 11 heavy (non-hydrogen) atoms. The van der Waals surface area contributed by atoms with Crippen LogP contribution in [0.15, 0.2) is 18.2 Å². The summed E-state index contributed by atoms with van der Waals surface area (Å²) in [5.41, 5.74) is 0.588. The monoisotopic (exact) mass is 150 g/mol. The highest BCUT2D eigenvalue weighted by Crippen LogP contribution is 2.21. The highest BCUT2D eigenvalue weighted by atomic mass is 16.3. The minimum atomic E-state index is -0.00435. The smallest absolute Gasteiger partial charge is 0.122 e. The second kappa shape index (κ2) is 3.05. The molecule has 0 amide bonds. The standard InChI is InChI=1S/C8H8NO2/c9-4-3-6-1-2-7(10)5-8(6)11/h1-2,4-5,10-11H,3H2. The van der Waals surface area contributed by atoms with Crippen LogP contribution < -0.4 is 5.41 Å². The molecule has 0 saturated carbocycles. The van der Waals surface area contributed by atoms with E-state index in [9.17, 15) is 0 Å². The van der Waals surface area contributed by atoms with Crippen molar-refractivity contribution < 1.29 is 10.2 Å². The van der Waals surface area contributed by atoms with Crippen LogP contribution in [0.5, 0.6) is 11.5 Å². The molecule has 1 aromatic carbocycles. The molecule has 1 rings (SSSR count). The summed E-state index contributed by atoms with van der Waals surface area (Å²) in [7, 11) is 0. The molecule has 0 fully saturated rings. The average Bonchev–Trinajstić information content (AvgIpc) is 1.95. The summed E-state index contributed by atoms with van der Waals surface area (Å²) in [5.74, 6) is 0.0134. The zero-order valence-electron chi connectivity index (χ0n) is 5.86. The molecule has 0 aromatic heterocycles. The van der Waals surface area contributed by atoms with E-state index in [2.05, 4.69) is 0 Å². The lowest BCUT2D eigenvalue weighted by atomic mass is 10.1. The first-order valence-electron chi connectivity index (χ1n) is 3.21. The fourth-order valence-corrected chi connectivity index (χ4v) is 0.823. The van der Waals surface area contributed by atoms with Gasteiger partial charge in [-0.15, -0.1) is 0 Å². The maximum Gasteiger partial charge on any atom is 0.122 e. The zero-order chi connectivity index (χ0) is 8.27. The average molecular weight is 150 g/mol. The van der Waals surface area contributed by atoms with Crippen molar-refractivity contribution in [1.29, 1.82) is 0 Å². The van der Waals surface area contributed by atoms with Crippen molar-refractivity contribution in [2.24, 2.45) is 0 Å². The van der Waals surface area contributed by atoms with Gasteiger partial charge in [0.25, 0.3) is 0 Å². The molecule has 0 spiro atoms. The summed E-state index contributed by atoms with van der Waals surface area (Å²) >= 11 is 0. The maximum atomic E-state index is 9.13. The summed E-state index contributed by atoms with van der Waals surface area (Å²) in [6, 6.07) is 4.24. The third-order valence-electron chi connectivity index (χ3n) is 1.38. The van der Waals surface area contributed by atoms with E-state index < -0.39 is 0 Å². The number of phenols is 2. The van der Waals surface area contributed by atoms with Gasteiger partial charge in [0.1, 0.15) is 11.5 Å². The van der Waals surface area contributed by atoms with Gasteiger partial charge in [-0.3, -0.25) is 0 Å². The van der Waals surface area contributed by atoms with Crippen LogP contribution in [0, 0.1) is 0 Å². The zero-order valence-corrected chi connectivity index (χ0v) is 5.86. The van der Waals surface area contributed by atoms with Crippen molar-refractivity contribution in [1.82, 2.24) is 5.41 Å². The molecule has 0 atom stereocenters. The van der Waals surface area contributed by atoms with Crippen molar-refractivity contribution in [3.63, 3.8) is 0 Å². The number of nitrogens with zero attached hydrogens (tertiary/aromatic N) is 1. The van der Waals surface area contributed by atoms with Gasteiger partial charge in [0.05, 0.1) is 0 Å². The van der Waals surface area contributed by atoms with E-state index in [0.29, 0.717) is 5.56 Å². The van der Waals surface area contributed by atoms with Gasteiger partial charge in [0, 0.05) is 18.7 Å². The highest BCUT2D eigenvalue weighted by Gasteiger charge is 1.99. The van der Waals surface area contributed by atoms with Crippen molar-refractivity contribution in [3.8, 4) is 11.5 Å². The Labute approximate surface area is 64.4 Å². The van der Waals surface area contributed by atoms with E-state index in [1.807, 2.05) is 0 Å². The first-order chi connectivity index (χ1) is 5.24. The van der Waals surface area contributed by atoms with Crippen molar-refractivity contribution in [3.05, 3.63) is 23.8 Å². The Morgan fingerprint density at radius 2 is 2.09 bits per heavy atom. The van der Waals surface area contributed by atoms with E-state index >= 15 is 0 Å². The topological polar surface area (TPSA) is 62.8 Å². The van der Waals surface area contributed by atoms with Gasteiger partial charge in [-0.05, 0) is 11.6 Å². The van der Waals surface area contributed by atoms with Gasteiger partial charge in [0.2, 0.25) is 0 Å². The fraction of sp³-hybridized carbons (Fsp3) is 0.125. The molecule has 3 heteroatoms. The fourth-order valence-electron chi connectivity index (χ4n) is 0.823. The largest absolute Gasteiger partial charge is 0.508 e. The molecule has 0 unspecified atom stereocenters. The molecule has 3 nitrogen and oxygen atoms in total. The molecule has 0 aliphatic carbocycles. The van der Waals surface area contributed by atoms with Crippen molar-refractivity contribution in [2.75, 3.05) is 0 Å². The first kappa shape index (κ1) is 7.60. The Bertz CT molecular complexity index is 271. The Kier molecular flexibility index (Phi) is 2.11. The molecular formula is C8H8NO2. The lowest BCUT2D eigenvalue weighted by molar-refractivity contribution is 0.447. The normalized spacial score (nSPS) is 9.45. The van der Waals surface area contributed by atoms with Gasteiger partial charge in [-0.1, -0.05) is 6.07 Å². The van der Waals surface area contributed by atoms with Crippen LogP contribution in [0.2, 0.25) is 0 Å². The quantitative estimate of drug-likeness (QED) is 0.603. The predicted octanol–water partition coefficient (Wildman–Crippen LogP) is 0.511. The second-order valence-electron chi connectivity index (χ2n) is 2.20. The number of benzene rings is 1. The van der Waals surface area contributed by atoms with E-state index in [0.717, 1.165) is 6.21 Å². The Morgan fingerprint density at radius 1 is 1.36 bits per heavy atom. The molecule has 1 aromatic rings. The molecule has 0 bridgehead atoms. The number of hydrogen-bond acceptors (Lipinski definition) is 2. The third kappa shape index (κ3) is 1.70. The van der Waals surface area contributed by atoms with E-state index in [1.54, 1.807) is 6.07 Å². The summed E-state index contributed by atoms with van der Waals surface area (Å²) in [6.45, 7) is 0. The van der Waals surface area contributed by atoms with E-state index in [4.69, 9.17) is 15.6 Å². The number of aromatic hydroxyl groups is 2. The van der Waals surface area contributed by atoms with Crippen LogP contribution in [-0.4, -0.2) is 16.4 Å². The van der Waals surface area contributed by atoms with E-state index in [-0.39, 0.29) is 17.9 Å². The van der Waals surface area contributed by atoms with E-state index in [1.165, 1.54) is 12.1 Å².